The number of carbonyl (C=O) groups excluding carboxylic acids is 2. The van der Waals surface area contributed by atoms with Gasteiger partial charge in [0.25, 0.3) is 0 Å². The van der Waals surface area contributed by atoms with E-state index >= 15 is 0 Å². The predicted octanol–water partition coefficient (Wildman–Crippen LogP) is 3.87. The van der Waals surface area contributed by atoms with Crippen LogP contribution in [0, 0.1) is 11.8 Å². The van der Waals surface area contributed by atoms with Crippen molar-refractivity contribution in [2.45, 2.75) is 99.8 Å². The quantitative estimate of drug-likeness (QED) is 0.0287. The number of nitrogens with one attached hydrogen (secondary N) is 1. The van der Waals surface area contributed by atoms with E-state index in [-0.39, 0.29) is 100 Å². The maximum atomic E-state index is 13.7. The third kappa shape index (κ3) is 14.8. The van der Waals surface area contributed by atoms with Gasteiger partial charge in [-0.3, -0.25) is 9.59 Å². The van der Waals surface area contributed by atoms with Crippen LogP contribution in [0.25, 0.3) is 21.5 Å². The van der Waals surface area contributed by atoms with Gasteiger partial charge in [-0.15, -0.1) is 0 Å². The van der Waals surface area contributed by atoms with Gasteiger partial charge in [-0.1, -0.05) is 105 Å². The summed E-state index contributed by atoms with van der Waals surface area (Å²) in [6.07, 6.45) is 16.6. The Balaban J connectivity index is 0.00000495. The number of amides is 2. The number of fused-ring (bicyclic) bond motifs is 8. The van der Waals surface area contributed by atoms with Gasteiger partial charge in [-0.2, -0.15) is 4.58 Å². The van der Waals surface area contributed by atoms with Gasteiger partial charge in [0.1, 0.15) is 26.8 Å². The molecule has 6 aromatic rings. The topological polar surface area (TPSA) is 227 Å². The number of unbranched alkanes of at least 4 members (excludes halogenated alkanes) is 3. The van der Waals surface area contributed by atoms with Crippen molar-refractivity contribution in [1.82, 2.24) is 5.32 Å². The molecule has 9 rings (SSSR count). The van der Waals surface area contributed by atoms with Crippen LogP contribution in [0.1, 0.15) is 100 Å². The SMILES string of the molecule is CC1(C)C(/C=C/C=C/C=C/C=C2/N(CCCCS(=O)(=O)[O-])c3ccc4cc(S(=O)(=O)[O-])ccc4c3C2(C)C)=[N+](CCCCCC(=O)NCCC(=O)N2Cc3ccccc3C#Cc3ccccc32)c2ccc3cc(S(=O)(=O)[O-])ccc3c21.[Na+].[Na+]. The second-order valence-electron chi connectivity index (χ2n) is 21.5. The van der Waals surface area contributed by atoms with E-state index in [0.717, 1.165) is 79.9 Å². The zero-order valence-corrected chi connectivity index (χ0v) is 53.9. The summed E-state index contributed by atoms with van der Waals surface area (Å²) < 4.78 is 108. The zero-order chi connectivity index (χ0) is 57.9. The molecule has 2 amide bonds. The smallest absolute Gasteiger partial charge is 0.748 e. The molecule has 15 nitrogen and oxygen atoms in total. The van der Waals surface area contributed by atoms with Gasteiger partial charge in [0.2, 0.25) is 17.5 Å². The Morgan fingerprint density at radius 3 is 1.94 bits per heavy atom. The summed E-state index contributed by atoms with van der Waals surface area (Å²) in [5, 5.41) is 5.75. The minimum Gasteiger partial charge on any atom is -0.748 e. The molecule has 83 heavy (non-hydrogen) atoms. The largest absolute Gasteiger partial charge is 1.00 e. The summed E-state index contributed by atoms with van der Waals surface area (Å²) in [7, 11) is -13.8. The van der Waals surface area contributed by atoms with Crippen molar-refractivity contribution in [2.24, 2.45) is 0 Å². The van der Waals surface area contributed by atoms with Crippen molar-refractivity contribution in [1.29, 1.82) is 0 Å². The standard InChI is InChI=1S/C63H64N4O11S3.2Na/c1-62(2)56(23-9-6-5-7-10-24-57-63(3,4)61-52-33-31-50(81(76,77)78)42-47(52)29-35-55(61)66(57)39-17-18-40-79(70,71)72)65(54-34-28-46-41-49(80(73,74)75)30-32-51(46)60(54)62)38-16-8-11-25-58(68)64-37-36-59(69)67-43-48-21-13-12-19-44(48)26-27-45-20-14-15-22-53(45)67;;/h5-7,9-10,12-15,19-24,28-35,41-42H,8,11,16-18,25,36-40,43H2,1-4H3,(H3-,64,68,70,71,72,73,74,75,76,77,78);;/q;2*+1/p-2. The molecule has 20 heteroatoms. The Hall–Kier alpha value is -5.50. The number of allylic oxidation sites excluding steroid dienone is 8. The minimum atomic E-state index is -4.69. The molecule has 0 radical (unpaired) electrons. The fraction of sp³-hybridized carbons (Fsp3) is 0.286. The Morgan fingerprint density at radius 2 is 1.25 bits per heavy atom. The molecule has 3 aliphatic rings. The molecule has 3 aliphatic heterocycles. The van der Waals surface area contributed by atoms with Gasteiger partial charge >= 0.3 is 59.1 Å². The van der Waals surface area contributed by atoms with Crippen LogP contribution in [0.4, 0.5) is 17.1 Å². The van der Waals surface area contributed by atoms with Gasteiger partial charge in [0.05, 0.1) is 37.6 Å². The van der Waals surface area contributed by atoms with Crippen LogP contribution in [0.5, 0.6) is 0 Å². The first-order valence-corrected chi connectivity index (χ1v) is 31.2. The number of carbonyl (C=O) groups is 2. The van der Waals surface area contributed by atoms with Crippen LogP contribution >= 0.6 is 0 Å². The van der Waals surface area contributed by atoms with E-state index in [2.05, 4.69) is 40.5 Å². The number of nitrogens with zero attached hydrogens (tertiary/aromatic N) is 3. The van der Waals surface area contributed by atoms with E-state index < -0.39 is 46.9 Å². The molecule has 0 atom stereocenters. The summed E-state index contributed by atoms with van der Waals surface area (Å²) in [4.78, 5) is 30.0. The zero-order valence-electron chi connectivity index (χ0n) is 47.5. The molecular formula is C63H62N4Na2O11S3. The molecule has 0 aromatic heterocycles. The molecule has 0 bridgehead atoms. The summed E-state index contributed by atoms with van der Waals surface area (Å²) in [6.45, 7) is 9.88. The number of hydrogen-bond acceptors (Lipinski definition) is 12. The molecule has 0 saturated carbocycles. The maximum absolute atomic E-state index is 13.7. The van der Waals surface area contributed by atoms with Crippen molar-refractivity contribution in [3.05, 3.63) is 185 Å². The normalized spacial score (nSPS) is 15.8. The van der Waals surface area contributed by atoms with Crippen LogP contribution in [0.2, 0.25) is 0 Å². The fourth-order valence-corrected chi connectivity index (χ4v) is 13.0. The summed E-state index contributed by atoms with van der Waals surface area (Å²) in [5.74, 6) is 5.71. The van der Waals surface area contributed by atoms with E-state index in [9.17, 15) is 48.5 Å². The van der Waals surface area contributed by atoms with Crippen LogP contribution in [-0.2, 0) is 57.3 Å². The monoisotopic (exact) mass is 1190 g/mol. The van der Waals surface area contributed by atoms with Crippen LogP contribution < -0.4 is 74.2 Å². The third-order valence-electron chi connectivity index (χ3n) is 15.3. The molecule has 1 N–H and O–H groups in total. The molecule has 420 valence electrons. The average Bonchev–Trinajstić information content (AvgIpc) is 4.04. The number of rotatable bonds is 20. The van der Waals surface area contributed by atoms with Crippen molar-refractivity contribution >= 4 is 86.5 Å². The van der Waals surface area contributed by atoms with E-state index in [0.29, 0.717) is 49.7 Å². The van der Waals surface area contributed by atoms with Gasteiger partial charge in [0, 0.05) is 83.7 Å². The van der Waals surface area contributed by atoms with E-state index in [1.165, 1.54) is 24.3 Å². The molecule has 3 heterocycles. The van der Waals surface area contributed by atoms with E-state index in [4.69, 9.17) is 0 Å². The van der Waals surface area contributed by atoms with Gasteiger partial charge < -0.3 is 28.8 Å². The molecule has 0 aliphatic carbocycles. The summed E-state index contributed by atoms with van der Waals surface area (Å²) in [5.41, 5.74) is 7.70. The van der Waals surface area contributed by atoms with Gasteiger partial charge in [-0.25, -0.2) is 25.3 Å². The molecular weight excluding hydrogens is 1130 g/mol. The molecule has 6 aromatic carbocycles. The summed E-state index contributed by atoms with van der Waals surface area (Å²) in [6, 6.07) is 31.5. The molecule has 0 unspecified atom stereocenters. The third-order valence-corrected chi connectivity index (χ3v) is 17.8. The average molecular weight is 1190 g/mol. The number of anilines is 2. The van der Waals surface area contributed by atoms with Crippen molar-refractivity contribution in [3.8, 4) is 11.8 Å². The van der Waals surface area contributed by atoms with E-state index in [1.54, 1.807) is 23.1 Å². The Labute approximate surface area is 531 Å². The maximum Gasteiger partial charge on any atom is 1.00 e. The number of benzene rings is 6. The molecule has 0 saturated heterocycles. The Kier molecular flexibility index (Phi) is 21.0. The molecule has 0 spiro atoms. The van der Waals surface area contributed by atoms with Crippen molar-refractivity contribution < 1.29 is 112 Å². The van der Waals surface area contributed by atoms with Gasteiger partial charge in [0.15, 0.2) is 5.71 Å². The first-order chi connectivity index (χ1) is 38.4. The minimum absolute atomic E-state index is 0. The number of hydrogen-bond donors (Lipinski definition) is 1. The predicted molar refractivity (Wildman–Crippen MR) is 312 cm³/mol. The second kappa shape index (κ2) is 26.8. The first-order valence-electron chi connectivity index (χ1n) is 26.8. The first kappa shape index (κ1) is 65.1. The molecule has 0 fully saturated rings. The van der Waals surface area contributed by atoms with E-state index in [1.807, 2.05) is 123 Å². The van der Waals surface area contributed by atoms with Crippen LogP contribution in [-0.4, -0.2) is 86.4 Å². The van der Waals surface area contributed by atoms with Crippen LogP contribution in [0.15, 0.2) is 167 Å². The summed E-state index contributed by atoms with van der Waals surface area (Å²) >= 11 is 0. The van der Waals surface area contributed by atoms with Crippen molar-refractivity contribution in [3.63, 3.8) is 0 Å². The fourth-order valence-electron chi connectivity index (χ4n) is 11.4. The van der Waals surface area contributed by atoms with Crippen LogP contribution in [0.3, 0.4) is 0 Å². The Bertz CT molecular complexity index is 4100. The van der Waals surface area contributed by atoms with Gasteiger partial charge in [-0.05, 0) is 133 Å². The Morgan fingerprint density at radius 1 is 0.639 bits per heavy atom. The number of para-hydroxylation sites is 1. The van der Waals surface area contributed by atoms with Crippen molar-refractivity contribution in [2.75, 3.05) is 35.2 Å². The second-order valence-corrected chi connectivity index (χ2v) is 25.8.